The normalized spacial score (nSPS) is 12.9. The summed E-state index contributed by atoms with van der Waals surface area (Å²) in [6.45, 7) is 0. The zero-order valence-electron chi connectivity index (χ0n) is 8.22. The maximum Gasteiger partial charge on any atom is 0.316 e. The van der Waals surface area contributed by atoms with Crippen LogP contribution < -0.4 is 15.8 Å². The van der Waals surface area contributed by atoms with Gasteiger partial charge in [-0.1, -0.05) is 36.4 Å². The molecule has 1 aliphatic rings. The van der Waals surface area contributed by atoms with Crippen molar-refractivity contribution in [3.05, 3.63) is 54.6 Å². The van der Waals surface area contributed by atoms with Crippen LogP contribution in [-0.2, 0) is 0 Å². The molecule has 2 nitrogen and oxygen atoms in total. The Morgan fingerprint density at radius 3 is 2.40 bits per heavy atom. The quantitative estimate of drug-likeness (QED) is 0.694. The number of rotatable bonds is 1. The molecular weight excluding hydrogens is 183 g/mol. The Balaban J connectivity index is 1.91. The summed E-state index contributed by atoms with van der Waals surface area (Å²) >= 11 is 0. The Morgan fingerprint density at radius 2 is 1.60 bits per heavy atom. The number of hydrazine groups is 1. The highest BCUT2D eigenvalue weighted by Gasteiger charge is 2.19. The van der Waals surface area contributed by atoms with E-state index in [2.05, 4.69) is 37.1 Å². The molecule has 0 atom stereocenters. The summed E-state index contributed by atoms with van der Waals surface area (Å²) in [5.41, 5.74) is 6.85. The molecule has 71 valence electrons. The van der Waals surface area contributed by atoms with Crippen LogP contribution in [0.25, 0.3) is 0 Å². The summed E-state index contributed by atoms with van der Waals surface area (Å²) in [5.74, 6) is 0. The van der Waals surface area contributed by atoms with Gasteiger partial charge >= 0.3 is 7.41 Å². The second-order valence-electron chi connectivity index (χ2n) is 3.53. The summed E-state index contributed by atoms with van der Waals surface area (Å²) in [5, 5.41) is 0. The summed E-state index contributed by atoms with van der Waals surface area (Å²) < 4.78 is 0. The fraction of sp³-hybridized carbons (Fsp3) is 0. The van der Waals surface area contributed by atoms with E-state index in [-0.39, 0.29) is 0 Å². The molecule has 2 aromatic rings. The van der Waals surface area contributed by atoms with Crippen molar-refractivity contribution in [1.29, 1.82) is 0 Å². The third-order valence-corrected chi connectivity index (χ3v) is 2.50. The van der Waals surface area contributed by atoms with Crippen molar-refractivity contribution in [3.8, 4) is 0 Å². The highest BCUT2D eigenvalue weighted by Crippen LogP contribution is 2.18. The molecule has 1 N–H and O–H groups in total. The first kappa shape index (κ1) is 8.42. The lowest BCUT2D eigenvalue weighted by Gasteiger charge is -2.18. The number of fused-ring (bicyclic) bond motifs is 1. The number of hydrogen-bond donors (Lipinski definition) is 1. The van der Waals surface area contributed by atoms with Crippen LogP contribution in [0.4, 0.5) is 11.4 Å². The zero-order valence-corrected chi connectivity index (χ0v) is 8.22. The van der Waals surface area contributed by atoms with Gasteiger partial charge in [0, 0.05) is 11.4 Å². The minimum absolute atomic E-state index is 1.15. The van der Waals surface area contributed by atoms with Crippen LogP contribution in [0.3, 0.4) is 0 Å². The third-order valence-electron chi connectivity index (χ3n) is 2.50. The standard InChI is InChI=1S/C12H10BN2/c1-2-6-10(7-3-1)15-13-11-8-4-5-9-12(11)14-15/h1-9,14H. The predicted molar refractivity (Wildman–Crippen MR) is 64.4 cm³/mol. The van der Waals surface area contributed by atoms with Crippen molar-refractivity contribution in [3.63, 3.8) is 0 Å². The Kier molecular flexibility index (Phi) is 1.88. The van der Waals surface area contributed by atoms with E-state index >= 15 is 0 Å². The van der Waals surface area contributed by atoms with E-state index in [1.54, 1.807) is 0 Å². The first-order valence-electron chi connectivity index (χ1n) is 4.98. The van der Waals surface area contributed by atoms with Gasteiger partial charge in [0.15, 0.2) is 0 Å². The van der Waals surface area contributed by atoms with Gasteiger partial charge in [-0.15, -0.1) is 0 Å². The lowest BCUT2D eigenvalue weighted by Crippen LogP contribution is -2.30. The van der Waals surface area contributed by atoms with Gasteiger partial charge < -0.3 is 10.3 Å². The maximum absolute atomic E-state index is 3.33. The SMILES string of the molecule is [B]1c2ccccc2NN1c1ccccc1. The molecule has 2 aromatic carbocycles. The average Bonchev–Trinajstić information content (AvgIpc) is 2.74. The van der Waals surface area contributed by atoms with Crippen molar-refractivity contribution in [2.24, 2.45) is 0 Å². The molecule has 0 aromatic heterocycles. The Morgan fingerprint density at radius 1 is 0.867 bits per heavy atom. The summed E-state index contributed by atoms with van der Waals surface area (Å²) in [6, 6.07) is 18.5. The van der Waals surface area contributed by atoms with Crippen molar-refractivity contribution in [2.75, 3.05) is 10.3 Å². The number of anilines is 2. The van der Waals surface area contributed by atoms with Gasteiger partial charge in [-0.3, -0.25) is 0 Å². The Hall–Kier alpha value is -1.90. The Labute approximate surface area is 89.8 Å². The van der Waals surface area contributed by atoms with E-state index in [4.69, 9.17) is 0 Å². The van der Waals surface area contributed by atoms with Gasteiger partial charge in [0.2, 0.25) is 0 Å². The summed E-state index contributed by atoms with van der Waals surface area (Å²) in [6.07, 6.45) is 0. The number of para-hydroxylation sites is 2. The van der Waals surface area contributed by atoms with Crippen LogP contribution in [0.2, 0.25) is 0 Å². The minimum Gasteiger partial charge on any atom is -0.333 e. The highest BCUT2D eigenvalue weighted by atomic mass is 15.5. The molecule has 0 spiro atoms. The minimum atomic E-state index is 1.15. The maximum atomic E-state index is 3.33. The topological polar surface area (TPSA) is 15.3 Å². The van der Waals surface area contributed by atoms with Gasteiger partial charge in [0.05, 0.1) is 0 Å². The third kappa shape index (κ3) is 1.46. The lowest BCUT2D eigenvalue weighted by molar-refractivity contribution is 1.30. The second-order valence-corrected chi connectivity index (χ2v) is 3.53. The number of nitrogens with zero attached hydrogens (tertiary/aromatic N) is 1. The zero-order chi connectivity index (χ0) is 10.1. The van der Waals surface area contributed by atoms with Gasteiger partial charge in [-0.25, -0.2) is 0 Å². The van der Waals surface area contributed by atoms with Crippen molar-refractivity contribution in [1.82, 2.24) is 0 Å². The molecular formula is C12H10BN2. The lowest BCUT2D eigenvalue weighted by atomic mass is 9.83. The number of benzene rings is 2. The van der Waals surface area contributed by atoms with Crippen LogP contribution in [0.1, 0.15) is 0 Å². The number of hydrogen-bond acceptors (Lipinski definition) is 2. The molecule has 0 saturated carbocycles. The molecule has 0 fully saturated rings. The average molecular weight is 193 g/mol. The van der Waals surface area contributed by atoms with Crippen molar-refractivity contribution in [2.45, 2.75) is 0 Å². The van der Waals surface area contributed by atoms with Crippen LogP contribution in [0.5, 0.6) is 0 Å². The summed E-state index contributed by atoms with van der Waals surface area (Å²) in [7, 11) is 2.10. The Bertz CT molecular complexity index is 445. The van der Waals surface area contributed by atoms with Gasteiger partial charge in [-0.05, 0) is 23.7 Å². The molecule has 0 saturated heterocycles. The van der Waals surface area contributed by atoms with E-state index in [1.807, 2.05) is 35.3 Å². The molecule has 1 aliphatic heterocycles. The second kappa shape index (κ2) is 3.35. The molecule has 1 heterocycles. The van der Waals surface area contributed by atoms with Crippen LogP contribution in [0.15, 0.2) is 54.6 Å². The molecule has 0 amide bonds. The first-order chi connectivity index (χ1) is 7.43. The largest absolute Gasteiger partial charge is 0.333 e. The van der Waals surface area contributed by atoms with Gasteiger partial charge in [0.1, 0.15) is 0 Å². The molecule has 0 unspecified atom stereocenters. The van der Waals surface area contributed by atoms with E-state index < -0.39 is 0 Å². The molecule has 1 radical (unpaired) electrons. The van der Waals surface area contributed by atoms with Crippen LogP contribution in [-0.4, -0.2) is 7.41 Å². The number of nitrogens with one attached hydrogen (secondary N) is 1. The summed E-state index contributed by atoms with van der Waals surface area (Å²) in [4.78, 5) is 2.03. The van der Waals surface area contributed by atoms with Crippen molar-refractivity contribution >= 4 is 24.3 Å². The smallest absolute Gasteiger partial charge is 0.316 e. The fourth-order valence-electron chi connectivity index (χ4n) is 1.74. The first-order valence-corrected chi connectivity index (χ1v) is 4.98. The molecule has 3 rings (SSSR count). The van der Waals surface area contributed by atoms with E-state index in [9.17, 15) is 0 Å². The molecule has 0 bridgehead atoms. The van der Waals surface area contributed by atoms with E-state index in [0.717, 1.165) is 11.4 Å². The van der Waals surface area contributed by atoms with Gasteiger partial charge in [0.25, 0.3) is 0 Å². The molecule has 15 heavy (non-hydrogen) atoms. The van der Waals surface area contributed by atoms with E-state index in [1.165, 1.54) is 5.46 Å². The molecule has 0 aliphatic carbocycles. The predicted octanol–water partition coefficient (Wildman–Crippen LogP) is 1.78. The fourth-order valence-corrected chi connectivity index (χ4v) is 1.74. The monoisotopic (exact) mass is 193 g/mol. The van der Waals surface area contributed by atoms with Crippen LogP contribution in [0, 0.1) is 0 Å². The highest BCUT2D eigenvalue weighted by molar-refractivity contribution is 6.62. The molecule has 3 heteroatoms. The van der Waals surface area contributed by atoms with Crippen LogP contribution >= 0.6 is 0 Å². The van der Waals surface area contributed by atoms with Crippen molar-refractivity contribution < 1.29 is 0 Å². The van der Waals surface area contributed by atoms with E-state index in [0.29, 0.717) is 0 Å². The van der Waals surface area contributed by atoms with Gasteiger partial charge in [-0.2, -0.15) is 0 Å².